The van der Waals surface area contributed by atoms with E-state index in [0.717, 1.165) is 49.8 Å². The maximum Gasteiger partial charge on any atom is 0.171 e. The van der Waals surface area contributed by atoms with Crippen molar-refractivity contribution in [3.05, 3.63) is 52.4 Å². The topological polar surface area (TPSA) is 41.1 Å². The van der Waals surface area contributed by atoms with Crippen LogP contribution in [0.1, 0.15) is 49.6 Å². The van der Waals surface area contributed by atoms with E-state index in [9.17, 15) is 0 Å². The van der Waals surface area contributed by atoms with Gasteiger partial charge < -0.3 is 5.32 Å². The molecule has 4 rings (SSSR count). The lowest BCUT2D eigenvalue weighted by molar-refractivity contribution is 0.239. The number of hydrogen-bond acceptors (Lipinski definition) is 4. The Balaban J connectivity index is 1.43. The van der Waals surface area contributed by atoms with Crippen LogP contribution in [0.5, 0.6) is 0 Å². The average Bonchev–Trinajstić information content (AvgIpc) is 3.08. The lowest BCUT2D eigenvalue weighted by atomic mass is 9.89. The van der Waals surface area contributed by atoms with Crippen LogP contribution in [0.2, 0.25) is 5.15 Å². The molecule has 0 saturated heterocycles. The number of nitrogens with one attached hydrogen (secondary N) is 1. The smallest absolute Gasteiger partial charge is 0.171 e. The van der Waals surface area contributed by atoms with Gasteiger partial charge in [-0.3, -0.25) is 4.90 Å². The van der Waals surface area contributed by atoms with E-state index in [1.54, 1.807) is 0 Å². The van der Waals surface area contributed by atoms with E-state index in [1.165, 1.54) is 31.2 Å². The van der Waals surface area contributed by atoms with Gasteiger partial charge in [-0.2, -0.15) is 0 Å². The Hall–Kier alpha value is -1.65. The van der Waals surface area contributed by atoms with Crippen molar-refractivity contribution in [1.82, 2.24) is 14.9 Å². The Kier molecular flexibility index (Phi) is 5.14. The number of benzene rings is 1. The standard InChI is InChI=1S/C21H27ClN4/c1-21(10-5-6-11-21)15-23-20-19(22)24-18-14-26(12-9-17(18)25-20)13-16-7-3-2-4-8-16/h2-4,7-8H,5-6,9-15H2,1H3,(H,23,25). The Morgan fingerprint density at radius 2 is 1.88 bits per heavy atom. The zero-order valence-corrected chi connectivity index (χ0v) is 16.2. The van der Waals surface area contributed by atoms with Gasteiger partial charge >= 0.3 is 0 Å². The molecule has 2 aliphatic rings. The number of fused-ring (bicyclic) bond motifs is 1. The van der Waals surface area contributed by atoms with E-state index in [-0.39, 0.29) is 0 Å². The summed E-state index contributed by atoms with van der Waals surface area (Å²) in [4.78, 5) is 11.9. The molecule has 0 amide bonds. The van der Waals surface area contributed by atoms with Gasteiger partial charge in [-0.15, -0.1) is 0 Å². The fraction of sp³-hybridized carbons (Fsp3) is 0.524. The number of nitrogens with zero attached hydrogens (tertiary/aromatic N) is 3. The fourth-order valence-electron chi connectivity index (χ4n) is 4.15. The van der Waals surface area contributed by atoms with Crippen molar-refractivity contribution < 1.29 is 0 Å². The van der Waals surface area contributed by atoms with Crippen LogP contribution in [0.25, 0.3) is 0 Å². The summed E-state index contributed by atoms with van der Waals surface area (Å²) < 4.78 is 0. The van der Waals surface area contributed by atoms with E-state index >= 15 is 0 Å². The van der Waals surface area contributed by atoms with Crippen molar-refractivity contribution in [2.75, 3.05) is 18.4 Å². The fourth-order valence-corrected chi connectivity index (χ4v) is 4.37. The van der Waals surface area contributed by atoms with Gasteiger partial charge in [0.15, 0.2) is 11.0 Å². The predicted octanol–water partition coefficient (Wildman–Crippen LogP) is 4.68. The normalized spacial score (nSPS) is 19.3. The molecule has 1 aliphatic carbocycles. The number of hydrogen-bond donors (Lipinski definition) is 1. The SMILES string of the molecule is CC1(CNc2nc3c(nc2Cl)CN(Cc2ccccc2)CC3)CCCC1. The summed E-state index contributed by atoms with van der Waals surface area (Å²) in [5, 5.41) is 3.98. The summed E-state index contributed by atoms with van der Waals surface area (Å²) in [6.07, 6.45) is 6.16. The third kappa shape index (κ3) is 4.02. The molecule has 1 aromatic heterocycles. The second-order valence-corrected chi connectivity index (χ2v) is 8.43. The highest BCUT2D eigenvalue weighted by Crippen LogP contribution is 2.37. The largest absolute Gasteiger partial charge is 0.367 e. The maximum atomic E-state index is 6.45. The third-order valence-electron chi connectivity index (χ3n) is 5.79. The highest BCUT2D eigenvalue weighted by molar-refractivity contribution is 6.31. The summed E-state index contributed by atoms with van der Waals surface area (Å²) in [6.45, 7) is 6.05. The molecule has 0 radical (unpaired) electrons. The molecule has 5 heteroatoms. The Bertz CT molecular complexity index is 756. The van der Waals surface area contributed by atoms with Gasteiger partial charge in [0, 0.05) is 32.6 Å². The van der Waals surface area contributed by atoms with Crippen LogP contribution in [0, 0.1) is 5.41 Å². The minimum atomic E-state index is 0.368. The predicted molar refractivity (Wildman–Crippen MR) is 106 cm³/mol. The molecule has 0 spiro atoms. The van der Waals surface area contributed by atoms with Crippen LogP contribution in [0.15, 0.2) is 30.3 Å². The summed E-state index contributed by atoms with van der Waals surface area (Å²) in [5.41, 5.74) is 3.82. The van der Waals surface area contributed by atoms with Crippen LogP contribution in [0.3, 0.4) is 0 Å². The van der Waals surface area contributed by atoms with E-state index in [2.05, 4.69) is 52.5 Å². The molecule has 0 bridgehead atoms. The zero-order chi connectivity index (χ0) is 18.0. The number of halogens is 1. The van der Waals surface area contributed by atoms with Gasteiger partial charge in [0.25, 0.3) is 0 Å². The molecule has 0 unspecified atom stereocenters. The van der Waals surface area contributed by atoms with Gasteiger partial charge in [-0.05, 0) is 23.8 Å². The molecule has 1 fully saturated rings. The summed E-state index contributed by atoms with van der Waals surface area (Å²) >= 11 is 6.45. The van der Waals surface area contributed by atoms with Gasteiger partial charge in [0.05, 0.1) is 11.4 Å². The number of rotatable bonds is 5. The second-order valence-electron chi connectivity index (χ2n) is 8.07. The van der Waals surface area contributed by atoms with Crippen LogP contribution < -0.4 is 5.32 Å². The molecule has 138 valence electrons. The van der Waals surface area contributed by atoms with Crippen molar-refractivity contribution in [2.45, 2.75) is 52.1 Å². The summed E-state index contributed by atoms with van der Waals surface area (Å²) in [5.74, 6) is 0.759. The van der Waals surface area contributed by atoms with Crippen LogP contribution in [-0.2, 0) is 19.5 Å². The van der Waals surface area contributed by atoms with E-state index in [4.69, 9.17) is 16.6 Å². The van der Waals surface area contributed by atoms with E-state index < -0.39 is 0 Å². The first-order valence-electron chi connectivity index (χ1n) is 9.67. The van der Waals surface area contributed by atoms with Crippen molar-refractivity contribution in [3.8, 4) is 0 Å². The van der Waals surface area contributed by atoms with Crippen LogP contribution in [-0.4, -0.2) is 28.0 Å². The van der Waals surface area contributed by atoms with E-state index in [1.807, 2.05) is 0 Å². The van der Waals surface area contributed by atoms with Crippen molar-refractivity contribution >= 4 is 17.4 Å². The Labute approximate surface area is 161 Å². The first-order chi connectivity index (χ1) is 12.6. The molecule has 0 atom stereocenters. The molecule has 1 aromatic carbocycles. The first kappa shape index (κ1) is 17.7. The molecule has 4 nitrogen and oxygen atoms in total. The highest BCUT2D eigenvalue weighted by Gasteiger charge is 2.29. The maximum absolute atomic E-state index is 6.45. The average molecular weight is 371 g/mol. The monoisotopic (exact) mass is 370 g/mol. The molecule has 2 heterocycles. The number of aromatic nitrogens is 2. The van der Waals surface area contributed by atoms with E-state index in [0.29, 0.717) is 10.6 Å². The highest BCUT2D eigenvalue weighted by atomic mass is 35.5. The summed E-state index contributed by atoms with van der Waals surface area (Å²) in [6, 6.07) is 10.6. The van der Waals surface area contributed by atoms with Crippen molar-refractivity contribution in [1.29, 1.82) is 0 Å². The molecule has 1 saturated carbocycles. The van der Waals surface area contributed by atoms with Gasteiger partial charge in [0.1, 0.15) is 0 Å². The lowest BCUT2D eigenvalue weighted by Gasteiger charge is -2.28. The molecular weight excluding hydrogens is 344 g/mol. The zero-order valence-electron chi connectivity index (χ0n) is 15.5. The Morgan fingerprint density at radius 3 is 2.65 bits per heavy atom. The minimum absolute atomic E-state index is 0.368. The first-order valence-corrected chi connectivity index (χ1v) is 10.0. The molecule has 1 N–H and O–H groups in total. The molecule has 26 heavy (non-hydrogen) atoms. The van der Waals surface area contributed by atoms with Crippen LogP contribution >= 0.6 is 11.6 Å². The molecule has 2 aromatic rings. The summed E-state index contributed by atoms with van der Waals surface area (Å²) in [7, 11) is 0. The Morgan fingerprint density at radius 1 is 1.12 bits per heavy atom. The molecular formula is C21H27ClN4. The third-order valence-corrected chi connectivity index (χ3v) is 6.05. The second kappa shape index (κ2) is 7.53. The van der Waals surface area contributed by atoms with Gasteiger partial charge in [0.2, 0.25) is 0 Å². The quantitative estimate of drug-likeness (QED) is 0.829. The van der Waals surface area contributed by atoms with Gasteiger partial charge in [-0.25, -0.2) is 9.97 Å². The van der Waals surface area contributed by atoms with Crippen molar-refractivity contribution in [2.24, 2.45) is 5.41 Å². The lowest BCUT2D eigenvalue weighted by Crippen LogP contribution is -2.32. The van der Waals surface area contributed by atoms with Crippen LogP contribution in [0.4, 0.5) is 5.82 Å². The minimum Gasteiger partial charge on any atom is -0.367 e. The van der Waals surface area contributed by atoms with Gasteiger partial charge in [-0.1, -0.05) is 61.7 Å². The van der Waals surface area contributed by atoms with Crippen molar-refractivity contribution in [3.63, 3.8) is 0 Å². The molecule has 1 aliphatic heterocycles. The number of anilines is 1.